The van der Waals surface area contributed by atoms with Crippen molar-refractivity contribution in [1.82, 2.24) is 9.97 Å². The van der Waals surface area contributed by atoms with Crippen molar-refractivity contribution in [3.05, 3.63) is 57.6 Å². The normalized spacial score (nSPS) is 13.2. The number of amides is 1. The van der Waals surface area contributed by atoms with E-state index in [0.29, 0.717) is 5.56 Å². The van der Waals surface area contributed by atoms with Gasteiger partial charge in [0.25, 0.3) is 0 Å². The highest BCUT2D eigenvalue weighted by atomic mass is 16.2. The topological polar surface area (TPSA) is 91.9 Å². The number of ketones is 1. The van der Waals surface area contributed by atoms with Gasteiger partial charge in [-0.05, 0) is 48.9 Å². The molecular weight excluding hydrogens is 306 g/mol. The number of aromatic amines is 1. The number of nitrogens with zero attached hydrogens (tertiary/aromatic N) is 1. The first-order valence-corrected chi connectivity index (χ1v) is 8.12. The molecule has 0 atom stereocenters. The second-order valence-corrected chi connectivity index (χ2v) is 5.95. The fourth-order valence-corrected chi connectivity index (χ4v) is 2.93. The van der Waals surface area contributed by atoms with E-state index in [1.165, 1.54) is 29.8 Å². The monoisotopic (exact) mass is 325 g/mol. The molecule has 0 spiro atoms. The van der Waals surface area contributed by atoms with E-state index in [4.69, 9.17) is 0 Å². The van der Waals surface area contributed by atoms with E-state index < -0.39 is 5.69 Å². The fourth-order valence-electron chi connectivity index (χ4n) is 2.93. The summed E-state index contributed by atoms with van der Waals surface area (Å²) in [7, 11) is 0. The zero-order valence-electron chi connectivity index (χ0n) is 13.3. The van der Waals surface area contributed by atoms with Gasteiger partial charge in [0.15, 0.2) is 5.78 Å². The van der Waals surface area contributed by atoms with E-state index in [1.807, 2.05) is 18.2 Å². The number of carbonyl (C=O) groups is 2. The smallest absolute Gasteiger partial charge is 0.312 e. The van der Waals surface area contributed by atoms with Gasteiger partial charge in [-0.15, -0.1) is 0 Å². The zero-order valence-corrected chi connectivity index (χ0v) is 13.3. The minimum absolute atomic E-state index is 0.0401. The number of anilines is 1. The van der Waals surface area contributed by atoms with Gasteiger partial charge in [0.1, 0.15) is 5.82 Å². The van der Waals surface area contributed by atoms with Crippen LogP contribution in [-0.2, 0) is 17.6 Å². The summed E-state index contributed by atoms with van der Waals surface area (Å²) in [4.78, 5) is 41.1. The first-order valence-electron chi connectivity index (χ1n) is 8.12. The molecule has 1 aliphatic carbocycles. The number of aryl methyl sites for hydroxylation is 2. The Morgan fingerprint density at radius 2 is 1.88 bits per heavy atom. The molecule has 0 fully saturated rings. The first kappa shape index (κ1) is 16.1. The van der Waals surface area contributed by atoms with Gasteiger partial charge >= 0.3 is 5.69 Å². The highest BCUT2D eigenvalue weighted by molar-refractivity contribution is 6.00. The van der Waals surface area contributed by atoms with Crippen molar-refractivity contribution < 1.29 is 9.59 Å². The summed E-state index contributed by atoms with van der Waals surface area (Å²) in [6.07, 6.45) is 5.99. The lowest BCUT2D eigenvalue weighted by Crippen LogP contribution is -2.18. The van der Waals surface area contributed by atoms with Crippen LogP contribution < -0.4 is 11.0 Å². The molecule has 1 heterocycles. The molecule has 2 N–H and O–H groups in total. The zero-order chi connectivity index (χ0) is 16.9. The van der Waals surface area contributed by atoms with Crippen LogP contribution in [0.4, 0.5) is 5.82 Å². The van der Waals surface area contributed by atoms with Gasteiger partial charge in [0, 0.05) is 24.6 Å². The second-order valence-electron chi connectivity index (χ2n) is 5.95. The summed E-state index contributed by atoms with van der Waals surface area (Å²) in [6.45, 7) is 0. The predicted octanol–water partition coefficient (Wildman–Crippen LogP) is 2.25. The molecule has 0 radical (unpaired) electrons. The van der Waals surface area contributed by atoms with Gasteiger partial charge < -0.3 is 5.32 Å². The SMILES string of the molecule is O=C(CCC(=O)c1ccc2c(c1)CCCC2)Nc1ccnc(=O)[nH]1. The second kappa shape index (κ2) is 7.21. The van der Waals surface area contributed by atoms with Crippen LogP contribution in [0.1, 0.15) is 47.2 Å². The molecule has 0 unspecified atom stereocenters. The number of hydrogen-bond acceptors (Lipinski definition) is 4. The third-order valence-corrected chi connectivity index (χ3v) is 4.20. The van der Waals surface area contributed by atoms with Crippen molar-refractivity contribution >= 4 is 17.5 Å². The Morgan fingerprint density at radius 1 is 1.08 bits per heavy atom. The number of rotatable bonds is 5. The van der Waals surface area contributed by atoms with Crippen molar-refractivity contribution in [2.75, 3.05) is 5.32 Å². The molecule has 1 aromatic carbocycles. The van der Waals surface area contributed by atoms with Crippen LogP contribution in [0.25, 0.3) is 0 Å². The van der Waals surface area contributed by atoms with Crippen molar-refractivity contribution in [2.24, 2.45) is 0 Å². The molecule has 24 heavy (non-hydrogen) atoms. The number of benzene rings is 1. The van der Waals surface area contributed by atoms with Crippen molar-refractivity contribution in [3.8, 4) is 0 Å². The lowest BCUT2D eigenvalue weighted by molar-refractivity contribution is -0.116. The molecule has 2 aromatic rings. The Hall–Kier alpha value is -2.76. The largest absolute Gasteiger partial charge is 0.346 e. The summed E-state index contributed by atoms with van der Waals surface area (Å²) in [5, 5.41) is 2.55. The molecular formula is C18H19N3O3. The molecule has 1 amide bonds. The van der Waals surface area contributed by atoms with Gasteiger partial charge in [-0.3, -0.25) is 14.6 Å². The number of fused-ring (bicyclic) bond motifs is 1. The minimum Gasteiger partial charge on any atom is -0.312 e. The quantitative estimate of drug-likeness (QED) is 0.825. The van der Waals surface area contributed by atoms with E-state index in [0.717, 1.165) is 19.3 Å². The molecule has 6 nitrogen and oxygen atoms in total. The number of aromatic nitrogens is 2. The van der Waals surface area contributed by atoms with Crippen molar-refractivity contribution in [2.45, 2.75) is 38.5 Å². The molecule has 0 saturated heterocycles. The van der Waals surface area contributed by atoms with Gasteiger partial charge in [0.2, 0.25) is 5.91 Å². The summed E-state index contributed by atoms with van der Waals surface area (Å²) < 4.78 is 0. The average molecular weight is 325 g/mol. The Bertz CT molecular complexity index is 826. The maximum absolute atomic E-state index is 12.3. The van der Waals surface area contributed by atoms with Crippen molar-refractivity contribution in [3.63, 3.8) is 0 Å². The highest BCUT2D eigenvalue weighted by Crippen LogP contribution is 2.23. The van der Waals surface area contributed by atoms with Crippen molar-refractivity contribution in [1.29, 1.82) is 0 Å². The number of Topliss-reactive ketones (excluding diaryl/α,β-unsaturated/α-hetero) is 1. The molecule has 1 aliphatic rings. The summed E-state index contributed by atoms with van der Waals surface area (Å²) in [6, 6.07) is 7.34. The average Bonchev–Trinajstić information content (AvgIpc) is 2.59. The first-order chi connectivity index (χ1) is 11.6. The van der Waals surface area contributed by atoms with Crippen LogP contribution >= 0.6 is 0 Å². The molecule has 1 aromatic heterocycles. The predicted molar refractivity (Wildman–Crippen MR) is 90.1 cm³/mol. The van der Waals surface area contributed by atoms with E-state index >= 15 is 0 Å². The highest BCUT2D eigenvalue weighted by Gasteiger charge is 2.14. The van der Waals surface area contributed by atoms with Gasteiger partial charge in [-0.1, -0.05) is 12.1 Å². The summed E-state index contributed by atoms with van der Waals surface area (Å²) in [5.74, 6) is -0.0777. The molecule has 3 rings (SSSR count). The Labute approximate surface area is 139 Å². The molecule has 124 valence electrons. The van der Waals surface area contributed by atoms with Gasteiger partial charge in [-0.25, -0.2) is 9.78 Å². The number of nitrogens with one attached hydrogen (secondary N) is 2. The van der Waals surface area contributed by atoms with E-state index in [2.05, 4.69) is 15.3 Å². The molecule has 0 saturated carbocycles. The van der Waals surface area contributed by atoms with Crippen LogP contribution in [0.5, 0.6) is 0 Å². The third-order valence-electron chi connectivity index (χ3n) is 4.20. The van der Waals surface area contributed by atoms with Crippen LogP contribution in [-0.4, -0.2) is 21.7 Å². The Kier molecular flexibility index (Phi) is 4.84. The standard InChI is InChI=1S/C18H19N3O3/c22-15(14-6-5-12-3-1-2-4-13(12)11-14)7-8-17(23)20-16-9-10-19-18(24)21-16/h5-6,9-11H,1-4,7-8H2,(H2,19,20,21,23,24). The van der Waals surface area contributed by atoms with E-state index in [9.17, 15) is 14.4 Å². The number of carbonyl (C=O) groups excluding carboxylic acids is 2. The number of hydrogen-bond donors (Lipinski definition) is 2. The maximum atomic E-state index is 12.3. The summed E-state index contributed by atoms with van der Waals surface area (Å²) in [5.41, 5.74) is 2.72. The molecule has 6 heteroatoms. The summed E-state index contributed by atoms with van der Waals surface area (Å²) >= 11 is 0. The molecule has 0 bridgehead atoms. The van der Waals surface area contributed by atoms with Crippen LogP contribution in [0.2, 0.25) is 0 Å². The Morgan fingerprint density at radius 3 is 2.67 bits per heavy atom. The Balaban J connectivity index is 1.57. The molecule has 0 aliphatic heterocycles. The van der Waals surface area contributed by atoms with Gasteiger partial charge in [0.05, 0.1) is 0 Å². The number of H-pyrrole nitrogens is 1. The lowest BCUT2D eigenvalue weighted by atomic mass is 9.89. The maximum Gasteiger partial charge on any atom is 0.346 e. The van der Waals surface area contributed by atoms with Crippen LogP contribution in [0.15, 0.2) is 35.3 Å². The van der Waals surface area contributed by atoms with E-state index in [1.54, 1.807) is 0 Å². The van der Waals surface area contributed by atoms with Crippen LogP contribution in [0, 0.1) is 0 Å². The van der Waals surface area contributed by atoms with E-state index in [-0.39, 0.29) is 30.3 Å². The lowest BCUT2D eigenvalue weighted by Gasteiger charge is -2.16. The third kappa shape index (κ3) is 3.95. The van der Waals surface area contributed by atoms with Crippen LogP contribution in [0.3, 0.4) is 0 Å². The fraction of sp³-hybridized carbons (Fsp3) is 0.333. The van der Waals surface area contributed by atoms with Gasteiger partial charge in [-0.2, -0.15) is 0 Å². The minimum atomic E-state index is -0.530.